The first-order valence-corrected chi connectivity index (χ1v) is 9.99. The van der Waals surface area contributed by atoms with Crippen LogP contribution in [0.2, 0.25) is 0 Å². The zero-order chi connectivity index (χ0) is 20.5. The molecular formula is C19H23N3O5S. The lowest BCUT2D eigenvalue weighted by Crippen LogP contribution is -2.31. The van der Waals surface area contributed by atoms with Crippen LogP contribution in [0.25, 0.3) is 0 Å². The molecule has 150 valence electrons. The van der Waals surface area contributed by atoms with Crippen LogP contribution in [0, 0.1) is 10.1 Å². The molecule has 28 heavy (non-hydrogen) atoms. The van der Waals surface area contributed by atoms with Crippen LogP contribution in [0.1, 0.15) is 59.0 Å². The molecule has 1 aromatic heterocycles. The fourth-order valence-corrected chi connectivity index (χ4v) is 3.36. The van der Waals surface area contributed by atoms with E-state index in [1.807, 2.05) is 0 Å². The molecule has 0 radical (unpaired) electrons. The molecule has 1 aromatic carbocycles. The molecule has 8 nitrogen and oxygen atoms in total. The van der Waals surface area contributed by atoms with Crippen LogP contribution >= 0.6 is 11.3 Å². The molecule has 0 fully saturated rings. The van der Waals surface area contributed by atoms with E-state index in [1.165, 1.54) is 29.5 Å². The van der Waals surface area contributed by atoms with Crippen LogP contribution in [0.4, 0.5) is 5.69 Å². The minimum absolute atomic E-state index is 0.127. The summed E-state index contributed by atoms with van der Waals surface area (Å²) in [4.78, 5) is 41.1. The van der Waals surface area contributed by atoms with Gasteiger partial charge in [-0.15, -0.1) is 11.3 Å². The van der Waals surface area contributed by atoms with Gasteiger partial charge in [-0.05, 0) is 19.4 Å². The Morgan fingerprint density at radius 1 is 1.29 bits per heavy atom. The largest absolute Gasteiger partial charge is 0.461 e. The normalized spacial score (nSPS) is 10.5. The molecule has 9 heteroatoms. The second kappa shape index (κ2) is 10.5. The van der Waals surface area contributed by atoms with Gasteiger partial charge in [0.15, 0.2) is 5.69 Å². The van der Waals surface area contributed by atoms with Crippen molar-refractivity contribution in [1.82, 2.24) is 9.88 Å². The van der Waals surface area contributed by atoms with Crippen LogP contribution in [-0.4, -0.2) is 39.8 Å². The lowest BCUT2D eigenvalue weighted by molar-refractivity contribution is -0.384. The number of aromatic nitrogens is 1. The van der Waals surface area contributed by atoms with Crippen molar-refractivity contribution in [3.05, 3.63) is 56.0 Å². The predicted octanol–water partition coefficient (Wildman–Crippen LogP) is 4.06. The SMILES string of the molecule is CCCCCN(Cc1nc(C(=O)OCC)cs1)C(=O)c1cccc([N+](=O)[O-])c1. The van der Waals surface area contributed by atoms with Gasteiger partial charge in [0.25, 0.3) is 11.6 Å². The number of ether oxygens (including phenoxy) is 1. The monoisotopic (exact) mass is 405 g/mol. The van der Waals surface area contributed by atoms with Gasteiger partial charge in [-0.1, -0.05) is 25.8 Å². The molecule has 1 heterocycles. The highest BCUT2D eigenvalue weighted by Crippen LogP contribution is 2.19. The standard InChI is InChI=1S/C19H23N3O5S/c1-3-5-6-10-21(12-17-20-16(13-28-17)19(24)27-4-2)18(23)14-8-7-9-15(11-14)22(25)26/h7-9,11,13H,3-6,10,12H2,1-2H3. The molecule has 0 spiro atoms. The Balaban J connectivity index is 2.19. The topological polar surface area (TPSA) is 103 Å². The Kier molecular flexibility index (Phi) is 8.06. The fraction of sp³-hybridized carbons (Fsp3) is 0.421. The van der Waals surface area contributed by atoms with Crippen molar-refractivity contribution in [2.24, 2.45) is 0 Å². The summed E-state index contributed by atoms with van der Waals surface area (Å²) >= 11 is 1.28. The highest BCUT2D eigenvalue weighted by atomic mass is 32.1. The summed E-state index contributed by atoms with van der Waals surface area (Å²) in [5.74, 6) is -0.791. The molecule has 0 aliphatic carbocycles. The minimum Gasteiger partial charge on any atom is -0.461 e. The fourth-order valence-electron chi connectivity index (χ4n) is 2.59. The third kappa shape index (κ3) is 5.85. The van der Waals surface area contributed by atoms with E-state index in [2.05, 4.69) is 11.9 Å². The highest BCUT2D eigenvalue weighted by Gasteiger charge is 2.20. The van der Waals surface area contributed by atoms with Crippen molar-refractivity contribution < 1.29 is 19.2 Å². The lowest BCUT2D eigenvalue weighted by Gasteiger charge is -2.21. The van der Waals surface area contributed by atoms with E-state index >= 15 is 0 Å². The Labute approximate surface area is 167 Å². The van der Waals surface area contributed by atoms with Crippen molar-refractivity contribution in [3.8, 4) is 0 Å². The molecule has 0 saturated carbocycles. The molecule has 2 aromatic rings. The number of nitrogens with zero attached hydrogens (tertiary/aromatic N) is 3. The summed E-state index contributed by atoms with van der Waals surface area (Å²) in [5.41, 5.74) is 0.351. The van der Waals surface area contributed by atoms with Gasteiger partial charge in [-0.2, -0.15) is 0 Å². The first-order chi connectivity index (χ1) is 13.5. The summed E-state index contributed by atoms with van der Waals surface area (Å²) in [6, 6.07) is 5.69. The summed E-state index contributed by atoms with van der Waals surface area (Å²) in [6.45, 7) is 4.79. The molecule has 0 unspecified atom stereocenters. The number of esters is 1. The number of nitro groups is 1. The quantitative estimate of drug-likeness (QED) is 0.256. The highest BCUT2D eigenvalue weighted by molar-refractivity contribution is 7.09. The average molecular weight is 405 g/mol. The van der Waals surface area contributed by atoms with Crippen molar-refractivity contribution in [2.75, 3.05) is 13.2 Å². The third-order valence-electron chi connectivity index (χ3n) is 3.99. The smallest absolute Gasteiger partial charge is 0.357 e. The van der Waals surface area contributed by atoms with E-state index < -0.39 is 10.9 Å². The van der Waals surface area contributed by atoms with E-state index in [4.69, 9.17) is 4.74 Å². The van der Waals surface area contributed by atoms with E-state index in [1.54, 1.807) is 23.3 Å². The maximum absolute atomic E-state index is 12.9. The Morgan fingerprint density at radius 3 is 2.75 bits per heavy atom. The molecule has 0 saturated heterocycles. The van der Waals surface area contributed by atoms with Gasteiger partial charge >= 0.3 is 5.97 Å². The first kappa shape index (κ1) is 21.5. The number of hydrogen-bond acceptors (Lipinski definition) is 7. The van der Waals surface area contributed by atoms with Gasteiger partial charge in [-0.3, -0.25) is 14.9 Å². The van der Waals surface area contributed by atoms with E-state index in [9.17, 15) is 19.7 Å². The molecule has 2 rings (SSSR count). The van der Waals surface area contributed by atoms with Crippen molar-refractivity contribution in [1.29, 1.82) is 0 Å². The number of non-ortho nitro benzene ring substituents is 1. The molecule has 0 atom stereocenters. The van der Waals surface area contributed by atoms with Crippen LogP contribution in [0.5, 0.6) is 0 Å². The molecular weight excluding hydrogens is 382 g/mol. The average Bonchev–Trinajstić information content (AvgIpc) is 3.16. The number of unbranched alkanes of at least 4 members (excludes halogenated alkanes) is 2. The second-order valence-electron chi connectivity index (χ2n) is 6.09. The number of hydrogen-bond donors (Lipinski definition) is 0. The maximum atomic E-state index is 12.9. The van der Waals surface area contributed by atoms with Gasteiger partial charge in [0.05, 0.1) is 18.1 Å². The lowest BCUT2D eigenvalue weighted by atomic mass is 10.1. The number of carbonyl (C=O) groups is 2. The summed E-state index contributed by atoms with van der Waals surface area (Å²) in [6.07, 6.45) is 2.78. The number of rotatable bonds is 10. The predicted molar refractivity (Wildman–Crippen MR) is 105 cm³/mol. The van der Waals surface area contributed by atoms with Gasteiger partial charge in [0.1, 0.15) is 5.01 Å². The Hall–Kier alpha value is -2.81. The minimum atomic E-state index is -0.523. The molecule has 0 aliphatic heterocycles. The zero-order valence-corrected chi connectivity index (χ0v) is 16.7. The van der Waals surface area contributed by atoms with E-state index in [-0.39, 0.29) is 36.0 Å². The summed E-state index contributed by atoms with van der Waals surface area (Å²) in [5, 5.41) is 13.2. The number of amides is 1. The maximum Gasteiger partial charge on any atom is 0.357 e. The van der Waals surface area contributed by atoms with E-state index in [0.717, 1.165) is 19.3 Å². The summed E-state index contributed by atoms with van der Waals surface area (Å²) < 4.78 is 4.94. The summed E-state index contributed by atoms with van der Waals surface area (Å²) in [7, 11) is 0. The van der Waals surface area contributed by atoms with E-state index in [0.29, 0.717) is 11.6 Å². The molecule has 0 bridgehead atoms. The van der Waals surface area contributed by atoms with Crippen molar-refractivity contribution >= 4 is 28.9 Å². The molecule has 1 amide bonds. The first-order valence-electron chi connectivity index (χ1n) is 9.11. The van der Waals surface area contributed by atoms with Crippen LogP contribution in [-0.2, 0) is 11.3 Å². The molecule has 0 N–H and O–H groups in total. The third-order valence-corrected chi connectivity index (χ3v) is 4.82. The van der Waals surface area contributed by atoms with Gasteiger partial charge in [-0.25, -0.2) is 9.78 Å². The van der Waals surface area contributed by atoms with Gasteiger partial charge in [0, 0.05) is 29.6 Å². The van der Waals surface area contributed by atoms with Gasteiger partial charge < -0.3 is 9.64 Å². The number of benzene rings is 1. The van der Waals surface area contributed by atoms with Crippen LogP contribution < -0.4 is 0 Å². The van der Waals surface area contributed by atoms with Crippen LogP contribution in [0.3, 0.4) is 0 Å². The Bertz CT molecular complexity index is 836. The zero-order valence-electron chi connectivity index (χ0n) is 15.9. The van der Waals surface area contributed by atoms with Crippen molar-refractivity contribution in [3.63, 3.8) is 0 Å². The molecule has 0 aliphatic rings. The Morgan fingerprint density at radius 2 is 2.07 bits per heavy atom. The van der Waals surface area contributed by atoms with Crippen LogP contribution in [0.15, 0.2) is 29.6 Å². The second-order valence-corrected chi connectivity index (χ2v) is 7.03. The number of nitro benzene ring substituents is 1. The van der Waals surface area contributed by atoms with Crippen molar-refractivity contribution in [2.45, 2.75) is 39.7 Å². The number of carbonyl (C=O) groups excluding carboxylic acids is 2. The van der Waals surface area contributed by atoms with Gasteiger partial charge in [0.2, 0.25) is 0 Å². The number of thiazole rings is 1.